The molecule has 1 atom stereocenters. The van der Waals surface area contributed by atoms with Crippen LogP contribution < -0.4 is 15.1 Å². The van der Waals surface area contributed by atoms with Crippen molar-refractivity contribution in [2.75, 3.05) is 10.3 Å². The van der Waals surface area contributed by atoms with E-state index in [1.165, 1.54) is 61.9 Å². The number of amides is 2. The summed E-state index contributed by atoms with van der Waals surface area (Å²) in [4.78, 5) is 34.0. The van der Waals surface area contributed by atoms with Gasteiger partial charge in [-0.1, -0.05) is 12.1 Å². The molecule has 12 heteroatoms. The van der Waals surface area contributed by atoms with Crippen molar-refractivity contribution in [3.8, 4) is 17.0 Å². The first-order chi connectivity index (χ1) is 17.0. The molecule has 2 aromatic carbocycles. The minimum absolute atomic E-state index is 0.0940. The lowest BCUT2D eigenvalue weighted by molar-refractivity contribution is -0.127. The Morgan fingerprint density at radius 1 is 1.17 bits per heavy atom. The van der Waals surface area contributed by atoms with Crippen molar-refractivity contribution in [3.05, 3.63) is 66.6 Å². The Hall–Kier alpha value is -4.35. The van der Waals surface area contributed by atoms with Gasteiger partial charge in [0.1, 0.15) is 5.75 Å². The third kappa shape index (κ3) is 5.16. The summed E-state index contributed by atoms with van der Waals surface area (Å²) in [5, 5.41) is 7.60. The molecule has 2 amide bonds. The number of carbonyl (C=O) groups excluding carboxylic acids is 2. The van der Waals surface area contributed by atoms with Gasteiger partial charge in [-0.15, -0.1) is 0 Å². The van der Waals surface area contributed by atoms with Crippen LogP contribution >= 0.6 is 0 Å². The van der Waals surface area contributed by atoms with Gasteiger partial charge in [-0.25, -0.2) is 8.78 Å². The zero-order valence-corrected chi connectivity index (χ0v) is 19.0. The van der Waals surface area contributed by atoms with Crippen molar-refractivity contribution in [2.45, 2.75) is 26.4 Å². The first-order valence-corrected chi connectivity index (χ1v) is 10.6. The van der Waals surface area contributed by atoms with E-state index in [9.17, 15) is 27.2 Å². The number of nitrogens with zero attached hydrogens (tertiary/aromatic N) is 4. The van der Waals surface area contributed by atoms with Gasteiger partial charge in [-0.3, -0.25) is 19.6 Å². The first kappa shape index (κ1) is 24.8. The van der Waals surface area contributed by atoms with Crippen LogP contribution in [0.2, 0.25) is 0 Å². The topological polar surface area (TPSA) is 96.8 Å². The molecule has 1 unspecified atom stereocenters. The number of anilines is 2. The number of halogens is 4. The van der Waals surface area contributed by atoms with Crippen molar-refractivity contribution < 1.29 is 31.9 Å². The lowest BCUT2D eigenvalue weighted by Gasteiger charge is -2.17. The Bertz CT molecular complexity index is 1330. The number of carbonyl (C=O) groups is 2. The van der Waals surface area contributed by atoms with Gasteiger partial charge in [0.15, 0.2) is 5.92 Å². The number of nitrogens with one attached hydrogen (secondary N) is 1. The van der Waals surface area contributed by atoms with Gasteiger partial charge in [-0.05, 0) is 37.3 Å². The van der Waals surface area contributed by atoms with Crippen LogP contribution in [0.15, 0.2) is 66.2 Å². The normalized spacial score (nSPS) is 15.8. The lowest BCUT2D eigenvalue weighted by atomic mass is 10.0. The molecule has 1 aromatic heterocycles. The van der Waals surface area contributed by atoms with Gasteiger partial charge >= 0.3 is 6.61 Å². The number of aromatic nitrogens is 2. The van der Waals surface area contributed by atoms with Crippen LogP contribution in [0, 0.1) is 5.92 Å². The van der Waals surface area contributed by atoms with Gasteiger partial charge in [0.05, 0.1) is 23.3 Å². The van der Waals surface area contributed by atoms with Crippen molar-refractivity contribution in [2.24, 2.45) is 11.0 Å². The zero-order chi connectivity index (χ0) is 26.0. The lowest BCUT2D eigenvalue weighted by Crippen LogP contribution is -2.36. The predicted molar refractivity (Wildman–Crippen MR) is 123 cm³/mol. The highest BCUT2D eigenvalue weighted by molar-refractivity contribution is 6.28. The van der Waals surface area contributed by atoms with E-state index in [0.29, 0.717) is 0 Å². The maximum absolute atomic E-state index is 13.6. The fraction of sp³-hybridized carbons (Fsp3) is 0.208. The number of rotatable bonds is 7. The molecule has 0 spiro atoms. The van der Waals surface area contributed by atoms with Crippen molar-refractivity contribution in [1.29, 1.82) is 0 Å². The van der Waals surface area contributed by atoms with E-state index >= 15 is 0 Å². The second-order valence-corrected chi connectivity index (χ2v) is 7.93. The summed E-state index contributed by atoms with van der Waals surface area (Å²) in [6, 6.07) is 9.06. The quantitative estimate of drug-likeness (QED) is 0.369. The molecule has 2 heterocycles. The van der Waals surface area contributed by atoms with Crippen molar-refractivity contribution >= 4 is 28.9 Å². The van der Waals surface area contributed by atoms with Crippen LogP contribution in [-0.4, -0.2) is 34.1 Å². The monoisotopic (exact) mass is 501 g/mol. The van der Waals surface area contributed by atoms with E-state index < -0.39 is 30.3 Å². The molecule has 186 valence electrons. The standard InChI is InChI=1S/C24H19F4N5O3/c1-13-20(21(34)31-15-5-3-4-14(10-15)24(2,27)28)22(35)33(32-13)16-6-7-19(36-23(25)26)17(11-16)18-12-29-8-9-30-18/h3-12,20,23H,1-2H3,(H,31,34). The van der Waals surface area contributed by atoms with Crippen molar-refractivity contribution in [1.82, 2.24) is 9.97 Å². The van der Waals surface area contributed by atoms with Gasteiger partial charge in [0, 0.05) is 36.1 Å². The molecule has 0 bridgehead atoms. The molecule has 3 aromatic rings. The van der Waals surface area contributed by atoms with Crippen LogP contribution in [0.3, 0.4) is 0 Å². The molecule has 0 fully saturated rings. The molecule has 0 aliphatic carbocycles. The number of ether oxygens (including phenoxy) is 1. The summed E-state index contributed by atoms with van der Waals surface area (Å²) in [5.41, 5.74) is 0.466. The maximum Gasteiger partial charge on any atom is 0.387 e. The van der Waals surface area contributed by atoms with E-state index in [2.05, 4.69) is 25.1 Å². The van der Waals surface area contributed by atoms with E-state index in [-0.39, 0.29) is 39.7 Å². The van der Waals surface area contributed by atoms with Crippen LogP contribution in [0.4, 0.5) is 28.9 Å². The molecular formula is C24H19F4N5O3. The van der Waals surface area contributed by atoms with Gasteiger partial charge < -0.3 is 10.1 Å². The molecule has 1 aliphatic rings. The number of hydrazone groups is 1. The fourth-order valence-electron chi connectivity index (χ4n) is 3.62. The largest absolute Gasteiger partial charge is 0.434 e. The fourth-order valence-corrected chi connectivity index (χ4v) is 3.62. The third-order valence-corrected chi connectivity index (χ3v) is 5.29. The third-order valence-electron chi connectivity index (χ3n) is 5.29. The smallest absolute Gasteiger partial charge is 0.387 e. The highest BCUT2D eigenvalue weighted by atomic mass is 19.3. The number of benzene rings is 2. The summed E-state index contributed by atoms with van der Waals surface area (Å²) in [6.07, 6.45) is 4.10. The van der Waals surface area contributed by atoms with Gasteiger partial charge in [0.2, 0.25) is 5.91 Å². The molecular weight excluding hydrogens is 482 g/mol. The molecule has 0 saturated carbocycles. The second-order valence-electron chi connectivity index (χ2n) is 7.93. The van der Waals surface area contributed by atoms with E-state index in [0.717, 1.165) is 18.0 Å². The summed E-state index contributed by atoms with van der Waals surface area (Å²) in [6.45, 7) is -0.897. The summed E-state index contributed by atoms with van der Waals surface area (Å²) < 4.78 is 57.7. The Morgan fingerprint density at radius 2 is 1.94 bits per heavy atom. The first-order valence-electron chi connectivity index (χ1n) is 10.6. The van der Waals surface area contributed by atoms with E-state index in [1.54, 1.807) is 0 Å². The Balaban J connectivity index is 1.60. The maximum atomic E-state index is 13.6. The Labute approximate surface area is 202 Å². The molecule has 36 heavy (non-hydrogen) atoms. The number of hydrogen-bond acceptors (Lipinski definition) is 6. The Kier molecular flexibility index (Phi) is 6.69. The average molecular weight is 501 g/mol. The molecule has 0 saturated heterocycles. The molecule has 0 radical (unpaired) electrons. The predicted octanol–water partition coefficient (Wildman–Crippen LogP) is 4.83. The summed E-state index contributed by atoms with van der Waals surface area (Å²) in [7, 11) is 0. The van der Waals surface area contributed by atoms with Gasteiger partial charge in [-0.2, -0.15) is 18.9 Å². The zero-order valence-electron chi connectivity index (χ0n) is 19.0. The van der Waals surface area contributed by atoms with Crippen LogP contribution in [-0.2, 0) is 15.5 Å². The Morgan fingerprint density at radius 3 is 2.61 bits per heavy atom. The minimum Gasteiger partial charge on any atom is -0.434 e. The van der Waals surface area contributed by atoms with Crippen molar-refractivity contribution in [3.63, 3.8) is 0 Å². The number of alkyl halides is 4. The molecule has 8 nitrogen and oxygen atoms in total. The van der Waals surface area contributed by atoms with E-state index in [1.807, 2.05) is 0 Å². The summed E-state index contributed by atoms with van der Waals surface area (Å²) in [5.74, 6) is -6.10. The van der Waals surface area contributed by atoms with Gasteiger partial charge in [0.25, 0.3) is 11.8 Å². The SMILES string of the molecule is CC1=NN(c2ccc(OC(F)F)c(-c3cnccn3)c2)C(=O)C1C(=O)Nc1cccc(C(C)(F)F)c1. The second kappa shape index (κ2) is 9.72. The highest BCUT2D eigenvalue weighted by Crippen LogP contribution is 2.35. The average Bonchev–Trinajstić information content (AvgIpc) is 3.13. The van der Waals surface area contributed by atoms with Crippen LogP contribution in [0.1, 0.15) is 19.4 Å². The number of hydrogen-bond donors (Lipinski definition) is 1. The summed E-state index contributed by atoms with van der Waals surface area (Å²) >= 11 is 0. The van der Waals surface area contributed by atoms with Crippen LogP contribution in [0.5, 0.6) is 5.75 Å². The van der Waals surface area contributed by atoms with E-state index in [4.69, 9.17) is 0 Å². The molecule has 1 aliphatic heterocycles. The molecule has 1 N–H and O–H groups in total. The molecule has 4 rings (SSSR count). The highest BCUT2D eigenvalue weighted by Gasteiger charge is 2.40. The van der Waals surface area contributed by atoms with Crippen LogP contribution in [0.25, 0.3) is 11.3 Å². The minimum atomic E-state index is -3.11.